The van der Waals surface area contributed by atoms with E-state index in [9.17, 15) is 14.4 Å². The molecule has 1 aromatic heterocycles. The van der Waals surface area contributed by atoms with Crippen molar-refractivity contribution in [1.82, 2.24) is 20.1 Å². The van der Waals surface area contributed by atoms with Gasteiger partial charge in [0.2, 0.25) is 0 Å². The minimum Gasteiger partial charge on any atom is -0.347 e. The molecule has 0 saturated carbocycles. The number of benzene rings is 2. The Labute approximate surface area is 223 Å². The smallest absolute Gasteiger partial charge is 0.324 e. The van der Waals surface area contributed by atoms with E-state index in [1.54, 1.807) is 24.3 Å². The Bertz CT molecular complexity index is 1260. The molecule has 0 atom stereocenters. The predicted molar refractivity (Wildman–Crippen MR) is 148 cm³/mol. The first-order valence-electron chi connectivity index (χ1n) is 12.7. The van der Waals surface area contributed by atoms with Crippen LogP contribution in [0, 0.1) is 0 Å². The highest BCUT2D eigenvalue weighted by Crippen LogP contribution is 2.15. The fourth-order valence-corrected chi connectivity index (χ4v) is 4.17. The number of para-hydroxylation sites is 1. The summed E-state index contributed by atoms with van der Waals surface area (Å²) in [5, 5.41) is 8.39. The molecule has 1 aliphatic heterocycles. The first-order chi connectivity index (χ1) is 18.2. The van der Waals surface area contributed by atoms with Gasteiger partial charge in [0.05, 0.1) is 5.56 Å². The molecular formula is C29H34N6O3. The van der Waals surface area contributed by atoms with Crippen molar-refractivity contribution in [3.63, 3.8) is 0 Å². The van der Waals surface area contributed by atoms with Gasteiger partial charge in [0.1, 0.15) is 5.82 Å². The van der Waals surface area contributed by atoms with Crippen molar-refractivity contribution in [2.45, 2.75) is 32.9 Å². The number of urea groups is 1. The van der Waals surface area contributed by atoms with E-state index in [4.69, 9.17) is 0 Å². The molecule has 0 spiro atoms. The maximum Gasteiger partial charge on any atom is 0.324 e. The summed E-state index contributed by atoms with van der Waals surface area (Å²) in [6.07, 6.45) is 1.49. The van der Waals surface area contributed by atoms with Crippen LogP contribution in [0.4, 0.5) is 16.3 Å². The van der Waals surface area contributed by atoms with Crippen molar-refractivity contribution >= 4 is 29.4 Å². The minimum absolute atomic E-state index is 0.0820. The molecule has 9 heteroatoms. The third-order valence-corrected chi connectivity index (χ3v) is 6.03. The van der Waals surface area contributed by atoms with Gasteiger partial charge in [0.15, 0.2) is 0 Å². The van der Waals surface area contributed by atoms with Crippen LogP contribution in [0.2, 0.25) is 0 Å². The quantitative estimate of drug-likeness (QED) is 0.457. The van der Waals surface area contributed by atoms with Gasteiger partial charge in [-0.15, -0.1) is 0 Å². The van der Waals surface area contributed by atoms with Crippen LogP contribution in [-0.4, -0.2) is 64.3 Å². The summed E-state index contributed by atoms with van der Waals surface area (Å²) in [6, 6.07) is 19.7. The number of pyridine rings is 1. The highest BCUT2D eigenvalue weighted by atomic mass is 16.2. The van der Waals surface area contributed by atoms with Gasteiger partial charge in [-0.3, -0.25) is 19.8 Å². The van der Waals surface area contributed by atoms with Crippen molar-refractivity contribution in [2.24, 2.45) is 0 Å². The Morgan fingerprint density at radius 2 is 1.58 bits per heavy atom. The molecule has 2 heterocycles. The lowest BCUT2D eigenvalue weighted by molar-refractivity contribution is 0.0627. The Hall–Kier alpha value is -4.24. The number of aromatic nitrogens is 1. The van der Waals surface area contributed by atoms with E-state index >= 15 is 0 Å². The Morgan fingerprint density at radius 3 is 2.24 bits per heavy atom. The van der Waals surface area contributed by atoms with Crippen LogP contribution in [-0.2, 0) is 6.54 Å². The molecule has 4 amide bonds. The fourth-order valence-electron chi connectivity index (χ4n) is 4.17. The van der Waals surface area contributed by atoms with Crippen LogP contribution in [0.1, 0.15) is 47.1 Å². The zero-order valence-corrected chi connectivity index (χ0v) is 22.0. The summed E-state index contributed by atoms with van der Waals surface area (Å²) in [7, 11) is 0. The molecule has 198 valence electrons. The lowest BCUT2D eigenvalue weighted by atomic mass is 10.1. The van der Waals surface area contributed by atoms with Crippen LogP contribution < -0.4 is 16.0 Å². The van der Waals surface area contributed by atoms with E-state index in [-0.39, 0.29) is 17.4 Å². The lowest BCUT2D eigenvalue weighted by Crippen LogP contribution is -2.48. The molecule has 0 bridgehead atoms. The van der Waals surface area contributed by atoms with Gasteiger partial charge in [0.25, 0.3) is 11.8 Å². The molecular weight excluding hydrogens is 480 g/mol. The molecule has 0 unspecified atom stereocenters. The van der Waals surface area contributed by atoms with Crippen LogP contribution in [0.25, 0.3) is 0 Å². The molecule has 0 aliphatic carbocycles. The van der Waals surface area contributed by atoms with Gasteiger partial charge in [-0.2, -0.15) is 0 Å². The summed E-state index contributed by atoms with van der Waals surface area (Å²) in [5.74, 6) is 0.193. The van der Waals surface area contributed by atoms with Crippen LogP contribution in [0.3, 0.4) is 0 Å². The molecule has 3 aromatic rings. The molecule has 1 aliphatic rings. The molecule has 1 saturated heterocycles. The van der Waals surface area contributed by atoms with E-state index in [1.165, 1.54) is 6.20 Å². The van der Waals surface area contributed by atoms with Gasteiger partial charge in [-0.05, 0) is 62.7 Å². The number of carbonyl (C=O) groups is 3. The number of rotatable bonds is 6. The number of nitrogens with zero attached hydrogens (tertiary/aromatic N) is 3. The number of nitrogens with one attached hydrogen (secondary N) is 3. The number of hydrogen-bond acceptors (Lipinski definition) is 5. The van der Waals surface area contributed by atoms with Crippen LogP contribution in [0.15, 0.2) is 72.9 Å². The fraction of sp³-hybridized carbons (Fsp3) is 0.310. The summed E-state index contributed by atoms with van der Waals surface area (Å²) in [4.78, 5) is 46.0. The highest BCUT2D eigenvalue weighted by Gasteiger charge is 2.23. The number of carbonyl (C=O) groups excluding carboxylic acids is 3. The second-order valence-corrected chi connectivity index (χ2v) is 10.4. The van der Waals surface area contributed by atoms with Gasteiger partial charge in [-0.1, -0.05) is 30.3 Å². The van der Waals surface area contributed by atoms with Crippen molar-refractivity contribution in [3.8, 4) is 0 Å². The summed E-state index contributed by atoms with van der Waals surface area (Å²) < 4.78 is 0. The van der Waals surface area contributed by atoms with Crippen LogP contribution in [0.5, 0.6) is 0 Å². The van der Waals surface area contributed by atoms with Crippen molar-refractivity contribution < 1.29 is 14.4 Å². The average Bonchev–Trinajstić information content (AvgIpc) is 2.89. The normalized spacial score (nSPS) is 14.0. The summed E-state index contributed by atoms with van der Waals surface area (Å²) in [6.45, 7) is 9.26. The van der Waals surface area contributed by atoms with Gasteiger partial charge >= 0.3 is 6.03 Å². The third kappa shape index (κ3) is 7.63. The van der Waals surface area contributed by atoms with E-state index in [2.05, 4.69) is 25.8 Å². The van der Waals surface area contributed by atoms with Gasteiger partial charge in [-0.25, -0.2) is 9.78 Å². The van der Waals surface area contributed by atoms with Crippen molar-refractivity contribution in [3.05, 3.63) is 89.6 Å². The second kappa shape index (κ2) is 11.9. The zero-order valence-electron chi connectivity index (χ0n) is 22.0. The minimum atomic E-state index is -0.403. The van der Waals surface area contributed by atoms with E-state index < -0.39 is 6.03 Å². The Kier molecular flexibility index (Phi) is 8.38. The maximum atomic E-state index is 13.0. The average molecular weight is 515 g/mol. The molecule has 0 radical (unpaired) electrons. The standard InChI is InChI=1S/C29H34N6O3/c1-29(2,3)33-26(36)22-9-7-8-21(18-22)20-34-14-16-35(17-15-34)27(37)23-12-13-25(30-19-23)32-28(38)31-24-10-5-4-6-11-24/h4-13,18-19H,14-17,20H2,1-3H3,(H,33,36)(H2,30,31,32,38). The zero-order chi connectivity index (χ0) is 27.1. The monoisotopic (exact) mass is 514 g/mol. The maximum absolute atomic E-state index is 13.0. The summed E-state index contributed by atoms with van der Waals surface area (Å²) >= 11 is 0. The molecule has 9 nitrogen and oxygen atoms in total. The van der Waals surface area contributed by atoms with Crippen molar-refractivity contribution in [1.29, 1.82) is 0 Å². The molecule has 1 fully saturated rings. The number of amides is 4. The third-order valence-electron chi connectivity index (χ3n) is 6.03. The SMILES string of the molecule is CC(C)(C)NC(=O)c1cccc(CN2CCN(C(=O)c3ccc(NC(=O)Nc4ccccc4)nc3)CC2)c1. The largest absolute Gasteiger partial charge is 0.347 e. The Balaban J connectivity index is 1.26. The first kappa shape index (κ1) is 26.8. The number of hydrogen-bond donors (Lipinski definition) is 3. The summed E-state index contributed by atoms with van der Waals surface area (Å²) in [5.41, 5.74) is 2.57. The molecule has 2 aromatic carbocycles. The predicted octanol–water partition coefficient (Wildman–Crippen LogP) is 4.21. The second-order valence-electron chi connectivity index (χ2n) is 10.4. The molecule has 4 rings (SSSR count). The lowest BCUT2D eigenvalue weighted by Gasteiger charge is -2.34. The Morgan fingerprint density at radius 1 is 0.842 bits per heavy atom. The molecule has 38 heavy (non-hydrogen) atoms. The van der Waals surface area contributed by atoms with E-state index in [1.807, 2.05) is 68.1 Å². The number of anilines is 2. The first-order valence-corrected chi connectivity index (χ1v) is 12.7. The topological polar surface area (TPSA) is 107 Å². The van der Waals surface area contributed by atoms with Gasteiger partial charge in [0, 0.05) is 55.7 Å². The number of piperazine rings is 1. The highest BCUT2D eigenvalue weighted by molar-refractivity contribution is 5.99. The molecule has 3 N–H and O–H groups in total. The van der Waals surface area contributed by atoms with E-state index in [0.717, 1.165) is 18.7 Å². The van der Waals surface area contributed by atoms with Gasteiger partial charge < -0.3 is 15.5 Å². The van der Waals surface area contributed by atoms with Crippen molar-refractivity contribution in [2.75, 3.05) is 36.8 Å². The van der Waals surface area contributed by atoms with E-state index in [0.29, 0.717) is 42.3 Å². The van der Waals surface area contributed by atoms with Crippen LogP contribution >= 0.6 is 0 Å².